The van der Waals surface area contributed by atoms with Crippen LogP contribution in [0, 0.1) is 0 Å². The van der Waals surface area contributed by atoms with Crippen LogP contribution in [0.5, 0.6) is 5.75 Å². The summed E-state index contributed by atoms with van der Waals surface area (Å²) >= 11 is 0. The summed E-state index contributed by atoms with van der Waals surface area (Å²) in [5.41, 5.74) is 1.61. The highest BCUT2D eigenvalue weighted by atomic mass is 19.4. The van der Waals surface area contributed by atoms with Crippen LogP contribution in [0.3, 0.4) is 0 Å². The molecular formula is C19H20F3N3O2. The summed E-state index contributed by atoms with van der Waals surface area (Å²) in [5, 5.41) is 2.69. The SMILES string of the molecule is O=C(Cc1ccc(OC(F)(F)F)cc1)Nc1ccc(N2CCCCC2)cn1. The Labute approximate surface area is 155 Å². The van der Waals surface area contributed by atoms with Crippen molar-refractivity contribution in [1.82, 2.24) is 4.98 Å². The highest BCUT2D eigenvalue weighted by Gasteiger charge is 2.30. The number of carbonyl (C=O) groups excluding carboxylic acids is 1. The van der Waals surface area contributed by atoms with Gasteiger partial charge in [0, 0.05) is 13.1 Å². The first-order valence-electron chi connectivity index (χ1n) is 8.75. The van der Waals surface area contributed by atoms with Crippen LogP contribution in [0.25, 0.3) is 0 Å². The quantitative estimate of drug-likeness (QED) is 0.848. The fourth-order valence-electron chi connectivity index (χ4n) is 2.98. The Morgan fingerprint density at radius 3 is 2.37 bits per heavy atom. The molecule has 1 amide bonds. The number of nitrogens with one attached hydrogen (secondary N) is 1. The van der Waals surface area contributed by atoms with Crippen LogP contribution in [0.15, 0.2) is 42.6 Å². The van der Waals surface area contributed by atoms with Crippen LogP contribution in [0.4, 0.5) is 24.7 Å². The van der Waals surface area contributed by atoms with Crippen LogP contribution in [-0.4, -0.2) is 30.3 Å². The number of ether oxygens (including phenoxy) is 1. The van der Waals surface area contributed by atoms with E-state index in [1.54, 1.807) is 12.3 Å². The van der Waals surface area contributed by atoms with Gasteiger partial charge in [0.2, 0.25) is 5.91 Å². The zero-order valence-corrected chi connectivity index (χ0v) is 14.6. The van der Waals surface area contributed by atoms with E-state index in [1.807, 2.05) is 6.07 Å². The van der Waals surface area contributed by atoms with Crippen molar-refractivity contribution >= 4 is 17.4 Å². The molecule has 0 unspecified atom stereocenters. The predicted octanol–water partition coefficient (Wildman–Crippen LogP) is 4.15. The Morgan fingerprint density at radius 2 is 1.78 bits per heavy atom. The Balaban J connectivity index is 1.53. The number of rotatable bonds is 5. The third kappa shape index (κ3) is 5.87. The zero-order valence-electron chi connectivity index (χ0n) is 14.6. The van der Waals surface area contributed by atoms with Gasteiger partial charge in [-0.3, -0.25) is 4.79 Å². The number of anilines is 2. The zero-order chi connectivity index (χ0) is 19.3. The van der Waals surface area contributed by atoms with E-state index in [-0.39, 0.29) is 18.1 Å². The summed E-state index contributed by atoms with van der Waals surface area (Å²) < 4.78 is 40.2. The lowest BCUT2D eigenvalue weighted by Crippen LogP contribution is -2.29. The molecule has 0 aliphatic carbocycles. The minimum atomic E-state index is -4.73. The highest BCUT2D eigenvalue weighted by molar-refractivity contribution is 5.91. The topological polar surface area (TPSA) is 54.5 Å². The Bertz CT molecular complexity index is 755. The Hall–Kier alpha value is -2.77. The van der Waals surface area contributed by atoms with Gasteiger partial charge in [-0.2, -0.15) is 0 Å². The largest absolute Gasteiger partial charge is 0.573 e. The van der Waals surface area contributed by atoms with E-state index in [1.165, 1.54) is 43.5 Å². The average molecular weight is 379 g/mol. The molecule has 0 atom stereocenters. The van der Waals surface area contributed by atoms with Crippen LogP contribution in [-0.2, 0) is 11.2 Å². The monoisotopic (exact) mass is 379 g/mol. The minimum Gasteiger partial charge on any atom is -0.406 e. The fourth-order valence-corrected chi connectivity index (χ4v) is 2.98. The summed E-state index contributed by atoms with van der Waals surface area (Å²) in [5.74, 6) is -0.169. The van der Waals surface area contributed by atoms with Gasteiger partial charge in [-0.25, -0.2) is 4.98 Å². The van der Waals surface area contributed by atoms with E-state index < -0.39 is 6.36 Å². The van der Waals surface area contributed by atoms with Crippen LogP contribution in [0.2, 0.25) is 0 Å². The van der Waals surface area contributed by atoms with Crippen molar-refractivity contribution in [3.05, 3.63) is 48.2 Å². The summed E-state index contributed by atoms with van der Waals surface area (Å²) in [6, 6.07) is 8.89. The summed E-state index contributed by atoms with van der Waals surface area (Å²) in [6.45, 7) is 2.03. The number of amides is 1. The van der Waals surface area contributed by atoms with Gasteiger partial charge in [0.25, 0.3) is 0 Å². The molecule has 0 spiro atoms. The normalized spacial score (nSPS) is 14.7. The van der Waals surface area contributed by atoms with Gasteiger partial charge in [-0.15, -0.1) is 13.2 Å². The van der Waals surface area contributed by atoms with Crippen molar-refractivity contribution in [2.24, 2.45) is 0 Å². The molecule has 1 fully saturated rings. The van der Waals surface area contributed by atoms with Gasteiger partial charge in [0.1, 0.15) is 11.6 Å². The summed E-state index contributed by atoms with van der Waals surface area (Å²) in [6.07, 6.45) is 0.634. The molecule has 5 nitrogen and oxygen atoms in total. The molecule has 1 aliphatic heterocycles. The van der Waals surface area contributed by atoms with Crippen LogP contribution in [0.1, 0.15) is 24.8 Å². The molecule has 27 heavy (non-hydrogen) atoms. The number of hydrogen-bond donors (Lipinski definition) is 1. The van der Waals surface area contributed by atoms with Gasteiger partial charge >= 0.3 is 6.36 Å². The van der Waals surface area contributed by atoms with E-state index >= 15 is 0 Å². The first-order valence-corrected chi connectivity index (χ1v) is 8.75. The van der Waals surface area contributed by atoms with Crippen molar-refractivity contribution in [2.45, 2.75) is 32.0 Å². The predicted molar refractivity (Wildman–Crippen MR) is 95.8 cm³/mol. The molecule has 1 aromatic carbocycles. The molecule has 2 aromatic rings. The standard InChI is InChI=1S/C19H20F3N3O2/c20-19(21,22)27-16-7-4-14(5-8-16)12-18(26)24-17-9-6-15(13-23-17)25-10-2-1-3-11-25/h4-9,13H,1-3,10-12H2,(H,23,24,26). The van der Waals surface area contributed by atoms with Crippen molar-refractivity contribution in [3.8, 4) is 5.75 Å². The summed E-state index contributed by atoms with van der Waals surface area (Å²) in [7, 11) is 0. The van der Waals surface area contributed by atoms with Crippen molar-refractivity contribution in [3.63, 3.8) is 0 Å². The maximum Gasteiger partial charge on any atom is 0.573 e. The van der Waals surface area contributed by atoms with Gasteiger partial charge in [0.05, 0.1) is 18.3 Å². The number of benzene rings is 1. The van der Waals surface area contributed by atoms with Crippen molar-refractivity contribution in [1.29, 1.82) is 0 Å². The lowest BCUT2D eigenvalue weighted by atomic mass is 10.1. The first-order chi connectivity index (χ1) is 12.9. The van der Waals surface area contributed by atoms with Crippen LogP contribution >= 0.6 is 0 Å². The number of piperidine rings is 1. The Kier molecular flexibility index (Phi) is 5.83. The molecule has 144 valence electrons. The number of pyridine rings is 1. The van der Waals surface area contributed by atoms with E-state index in [2.05, 4.69) is 19.9 Å². The maximum absolute atomic E-state index is 12.1. The lowest BCUT2D eigenvalue weighted by Gasteiger charge is -2.28. The number of aromatic nitrogens is 1. The summed E-state index contributed by atoms with van der Waals surface area (Å²) in [4.78, 5) is 18.7. The van der Waals surface area contributed by atoms with Crippen molar-refractivity contribution < 1.29 is 22.7 Å². The fraction of sp³-hybridized carbons (Fsp3) is 0.368. The Morgan fingerprint density at radius 1 is 1.07 bits per heavy atom. The second kappa shape index (κ2) is 8.28. The molecule has 2 heterocycles. The van der Waals surface area contributed by atoms with Gasteiger partial charge in [-0.05, 0) is 49.1 Å². The molecule has 1 N–H and O–H groups in total. The number of carbonyl (C=O) groups is 1. The lowest BCUT2D eigenvalue weighted by molar-refractivity contribution is -0.274. The molecule has 8 heteroatoms. The van der Waals surface area contributed by atoms with E-state index in [0.717, 1.165) is 18.8 Å². The molecule has 1 aromatic heterocycles. The van der Waals surface area contributed by atoms with Crippen molar-refractivity contribution in [2.75, 3.05) is 23.3 Å². The smallest absolute Gasteiger partial charge is 0.406 e. The number of alkyl halides is 3. The third-order valence-corrected chi connectivity index (χ3v) is 4.26. The molecular weight excluding hydrogens is 359 g/mol. The molecule has 0 bridgehead atoms. The van der Waals surface area contributed by atoms with Gasteiger partial charge in [0.15, 0.2) is 0 Å². The van der Waals surface area contributed by atoms with Gasteiger partial charge in [-0.1, -0.05) is 12.1 Å². The molecule has 3 rings (SSSR count). The second-order valence-electron chi connectivity index (χ2n) is 6.37. The number of halogens is 3. The van der Waals surface area contributed by atoms with E-state index in [4.69, 9.17) is 0 Å². The third-order valence-electron chi connectivity index (χ3n) is 4.26. The molecule has 1 aliphatic rings. The molecule has 1 saturated heterocycles. The second-order valence-corrected chi connectivity index (χ2v) is 6.37. The average Bonchev–Trinajstić information content (AvgIpc) is 2.63. The minimum absolute atomic E-state index is 0.0296. The van der Waals surface area contributed by atoms with Gasteiger partial charge < -0.3 is 15.0 Å². The number of nitrogens with zero attached hydrogens (tertiary/aromatic N) is 2. The molecule has 0 saturated carbocycles. The first kappa shape index (κ1) is 19.0. The maximum atomic E-state index is 12.1. The molecule has 0 radical (unpaired) electrons. The highest BCUT2D eigenvalue weighted by Crippen LogP contribution is 2.23. The van der Waals surface area contributed by atoms with Crippen LogP contribution < -0.4 is 15.0 Å². The number of hydrogen-bond acceptors (Lipinski definition) is 4. The van der Waals surface area contributed by atoms with E-state index in [0.29, 0.717) is 11.4 Å². The van der Waals surface area contributed by atoms with E-state index in [9.17, 15) is 18.0 Å².